The predicted molar refractivity (Wildman–Crippen MR) is 71.6 cm³/mol. The summed E-state index contributed by atoms with van der Waals surface area (Å²) in [7, 11) is 1.76. The van der Waals surface area contributed by atoms with Crippen molar-refractivity contribution in [2.75, 3.05) is 32.5 Å². The maximum Gasteiger partial charge on any atom is 0.250 e. The van der Waals surface area contributed by atoms with E-state index >= 15 is 0 Å². The Morgan fingerprint density at radius 2 is 2.28 bits per heavy atom. The quantitative estimate of drug-likeness (QED) is 0.830. The van der Waals surface area contributed by atoms with Crippen LogP contribution in [0.3, 0.4) is 0 Å². The van der Waals surface area contributed by atoms with Crippen molar-refractivity contribution in [1.29, 1.82) is 0 Å². The fraction of sp³-hybridized carbons (Fsp3) is 0.615. The molecule has 2 rings (SSSR count). The topological polar surface area (TPSA) is 60.5 Å². The van der Waals surface area contributed by atoms with E-state index in [1.165, 1.54) is 6.07 Å². The highest BCUT2D eigenvalue weighted by Gasteiger charge is 2.21. The number of aromatic nitrogens is 1. The van der Waals surface area contributed by atoms with Crippen LogP contribution >= 0.6 is 0 Å². The molecule has 1 aromatic rings. The van der Waals surface area contributed by atoms with E-state index < -0.39 is 0 Å². The molecule has 0 radical (unpaired) electrons. The van der Waals surface area contributed by atoms with Gasteiger partial charge >= 0.3 is 0 Å². The first-order chi connectivity index (χ1) is 8.69. The van der Waals surface area contributed by atoms with Gasteiger partial charge in [-0.1, -0.05) is 0 Å². The van der Waals surface area contributed by atoms with Crippen molar-refractivity contribution in [3.63, 3.8) is 0 Å². The average Bonchev–Trinajstić information content (AvgIpc) is 2.81. The largest absolute Gasteiger partial charge is 0.398 e. The zero-order valence-corrected chi connectivity index (χ0v) is 10.8. The summed E-state index contributed by atoms with van der Waals surface area (Å²) in [4.78, 5) is 14.0. The van der Waals surface area contributed by atoms with E-state index in [2.05, 4.69) is 4.90 Å². The minimum atomic E-state index is 0.0142. The van der Waals surface area contributed by atoms with Gasteiger partial charge in [-0.25, -0.2) is 0 Å². The van der Waals surface area contributed by atoms with Crippen molar-refractivity contribution in [2.24, 2.45) is 0 Å². The Hall–Kier alpha value is -1.33. The number of nitrogens with two attached hydrogens (primary N) is 1. The first kappa shape index (κ1) is 13.1. The van der Waals surface area contributed by atoms with Crippen LogP contribution in [0.4, 0.5) is 5.69 Å². The maximum absolute atomic E-state index is 11.6. The third-order valence-electron chi connectivity index (χ3n) is 3.44. The first-order valence-corrected chi connectivity index (χ1v) is 6.40. The number of aryl methyl sites for hydroxylation is 1. The van der Waals surface area contributed by atoms with Crippen molar-refractivity contribution >= 4 is 5.69 Å². The number of likely N-dealkylation sites (tertiary alicyclic amines) is 1. The first-order valence-electron chi connectivity index (χ1n) is 6.40. The minimum absolute atomic E-state index is 0.0142. The molecule has 1 unspecified atom stereocenters. The van der Waals surface area contributed by atoms with E-state index in [0.717, 1.165) is 39.0 Å². The minimum Gasteiger partial charge on any atom is -0.398 e. The molecule has 0 saturated carbocycles. The van der Waals surface area contributed by atoms with Gasteiger partial charge in [0.2, 0.25) is 0 Å². The highest BCUT2D eigenvalue weighted by molar-refractivity contribution is 5.33. The van der Waals surface area contributed by atoms with Gasteiger partial charge in [0.1, 0.15) is 0 Å². The molecule has 0 aliphatic carbocycles. The van der Waals surface area contributed by atoms with Gasteiger partial charge in [-0.05, 0) is 25.5 Å². The van der Waals surface area contributed by atoms with E-state index in [1.54, 1.807) is 23.9 Å². The molecule has 1 aliphatic heterocycles. The van der Waals surface area contributed by atoms with Crippen LogP contribution in [0.25, 0.3) is 0 Å². The smallest absolute Gasteiger partial charge is 0.250 e. The molecule has 2 N–H and O–H groups in total. The summed E-state index contributed by atoms with van der Waals surface area (Å²) in [6.45, 7) is 3.81. The molecular formula is C13H21N3O2. The maximum atomic E-state index is 11.6. The molecule has 0 bridgehead atoms. The molecular weight excluding hydrogens is 230 g/mol. The standard InChI is InChI=1S/C13H21N3O2/c1-18-12-5-8-15(10-12)6-2-7-16-9-11(14)3-4-13(16)17/h3-4,9,12H,2,5-8,10,14H2,1H3. The molecule has 0 aromatic carbocycles. The lowest BCUT2D eigenvalue weighted by atomic mass is 10.3. The van der Waals surface area contributed by atoms with Gasteiger partial charge in [0.25, 0.3) is 5.56 Å². The Labute approximate surface area is 107 Å². The monoisotopic (exact) mass is 251 g/mol. The van der Waals surface area contributed by atoms with Gasteiger partial charge in [-0.3, -0.25) is 4.79 Å². The number of hydrogen-bond acceptors (Lipinski definition) is 4. The van der Waals surface area contributed by atoms with Crippen LogP contribution in [0.5, 0.6) is 0 Å². The Balaban J connectivity index is 1.79. The second-order valence-corrected chi connectivity index (χ2v) is 4.79. The van der Waals surface area contributed by atoms with Crippen LogP contribution in [-0.4, -0.2) is 42.3 Å². The van der Waals surface area contributed by atoms with Crippen LogP contribution in [0.1, 0.15) is 12.8 Å². The molecule has 0 amide bonds. The fourth-order valence-electron chi connectivity index (χ4n) is 2.38. The van der Waals surface area contributed by atoms with Gasteiger partial charge in [0.15, 0.2) is 0 Å². The second-order valence-electron chi connectivity index (χ2n) is 4.79. The molecule has 5 nitrogen and oxygen atoms in total. The molecule has 1 fully saturated rings. The number of rotatable bonds is 5. The van der Waals surface area contributed by atoms with Crippen molar-refractivity contribution in [1.82, 2.24) is 9.47 Å². The Morgan fingerprint density at radius 1 is 1.44 bits per heavy atom. The lowest BCUT2D eigenvalue weighted by Crippen LogP contribution is -2.26. The predicted octanol–water partition coefficient (Wildman–Crippen LogP) is 0.541. The normalized spacial score (nSPS) is 20.4. The third kappa shape index (κ3) is 3.34. The molecule has 1 aliphatic rings. The Morgan fingerprint density at radius 3 is 3.00 bits per heavy atom. The lowest BCUT2D eigenvalue weighted by Gasteiger charge is -2.15. The Kier molecular flexibility index (Phi) is 4.38. The van der Waals surface area contributed by atoms with E-state index in [1.807, 2.05) is 0 Å². The number of nitrogens with zero attached hydrogens (tertiary/aromatic N) is 2. The van der Waals surface area contributed by atoms with E-state index in [4.69, 9.17) is 10.5 Å². The van der Waals surface area contributed by atoms with E-state index in [-0.39, 0.29) is 5.56 Å². The summed E-state index contributed by atoms with van der Waals surface area (Å²) >= 11 is 0. The number of nitrogen functional groups attached to an aromatic ring is 1. The number of methoxy groups -OCH3 is 1. The molecule has 1 saturated heterocycles. The van der Waals surface area contributed by atoms with Crippen LogP contribution in [0.15, 0.2) is 23.1 Å². The summed E-state index contributed by atoms with van der Waals surface area (Å²) in [5.74, 6) is 0. The van der Waals surface area contributed by atoms with Crippen molar-refractivity contribution < 1.29 is 4.74 Å². The number of hydrogen-bond donors (Lipinski definition) is 1. The summed E-state index contributed by atoms with van der Waals surface area (Å²) in [5.41, 5.74) is 6.32. The molecule has 5 heteroatoms. The summed E-state index contributed by atoms with van der Waals surface area (Å²) < 4.78 is 7.01. The average molecular weight is 251 g/mol. The Bertz CT molecular complexity index is 444. The molecule has 1 aromatic heterocycles. The van der Waals surface area contributed by atoms with Crippen molar-refractivity contribution in [2.45, 2.75) is 25.5 Å². The molecule has 0 spiro atoms. The van der Waals surface area contributed by atoms with Crippen LogP contribution in [0, 0.1) is 0 Å². The SMILES string of the molecule is COC1CCN(CCCn2cc(N)ccc2=O)C1. The zero-order valence-electron chi connectivity index (χ0n) is 10.8. The van der Waals surface area contributed by atoms with Gasteiger partial charge < -0.3 is 19.9 Å². The van der Waals surface area contributed by atoms with Crippen LogP contribution < -0.4 is 11.3 Å². The molecule has 1 atom stereocenters. The van der Waals surface area contributed by atoms with Gasteiger partial charge in [-0.15, -0.1) is 0 Å². The van der Waals surface area contributed by atoms with Crippen molar-refractivity contribution in [3.05, 3.63) is 28.7 Å². The molecule has 18 heavy (non-hydrogen) atoms. The summed E-state index contributed by atoms with van der Waals surface area (Å²) in [6.07, 6.45) is 4.15. The van der Waals surface area contributed by atoms with Crippen molar-refractivity contribution in [3.8, 4) is 0 Å². The van der Waals surface area contributed by atoms with E-state index in [9.17, 15) is 4.79 Å². The van der Waals surface area contributed by atoms with E-state index in [0.29, 0.717) is 11.8 Å². The van der Waals surface area contributed by atoms with Gasteiger partial charge in [0, 0.05) is 44.7 Å². The van der Waals surface area contributed by atoms with Crippen LogP contribution in [-0.2, 0) is 11.3 Å². The third-order valence-corrected chi connectivity index (χ3v) is 3.44. The summed E-state index contributed by atoms with van der Waals surface area (Å²) in [6, 6.07) is 3.16. The molecule has 100 valence electrons. The zero-order chi connectivity index (χ0) is 13.0. The highest BCUT2D eigenvalue weighted by Crippen LogP contribution is 2.11. The van der Waals surface area contributed by atoms with Gasteiger partial charge in [0.05, 0.1) is 6.10 Å². The van der Waals surface area contributed by atoms with Crippen LogP contribution in [0.2, 0.25) is 0 Å². The highest BCUT2D eigenvalue weighted by atomic mass is 16.5. The number of ether oxygens (including phenoxy) is 1. The second kappa shape index (κ2) is 6.02. The van der Waals surface area contributed by atoms with Gasteiger partial charge in [-0.2, -0.15) is 0 Å². The fourth-order valence-corrected chi connectivity index (χ4v) is 2.38. The molecule has 2 heterocycles. The number of anilines is 1. The lowest BCUT2D eigenvalue weighted by molar-refractivity contribution is 0.108. The summed E-state index contributed by atoms with van der Waals surface area (Å²) in [5, 5.41) is 0. The number of pyridine rings is 1.